The van der Waals surface area contributed by atoms with E-state index >= 15 is 0 Å². The Morgan fingerprint density at radius 1 is 1.12 bits per heavy atom. The maximum Gasteiger partial charge on any atom is 0.0778 e. The van der Waals surface area contributed by atoms with Gasteiger partial charge in [0.15, 0.2) is 0 Å². The van der Waals surface area contributed by atoms with Crippen LogP contribution in [0.1, 0.15) is 71.1 Å². The monoisotopic (exact) mass is 236 g/mol. The molecular weight excluding hydrogens is 208 g/mol. The lowest BCUT2D eigenvalue weighted by molar-refractivity contribution is 0.0958. The first-order chi connectivity index (χ1) is 8.27. The van der Waals surface area contributed by atoms with E-state index in [1.807, 2.05) is 0 Å². The van der Waals surface area contributed by atoms with E-state index in [1.54, 1.807) is 0 Å². The summed E-state index contributed by atoms with van der Waals surface area (Å²) in [5.41, 5.74) is 1.36. The summed E-state index contributed by atoms with van der Waals surface area (Å²) >= 11 is 0. The molecule has 0 aromatic heterocycles. The van der Waals surface area contributed by atoms with E-state index in [-0.39, 0.29) is 6.10 Å². The fraction of sp³-hybridized carbons (Fsp3) is 0.875. The van der Waals surface area contributed by atoms with Gasteiger partial charge in [0.05, 0.1) is 6.10 Å². The molecule has 1 nitrogen and oxygen atoms in total. The second kappa shape index (κ2) is 6.58. The van der Waals surface area contributed by atoms with Gasteiger partial charge < -0.3 is 5.11 Å². The zero-order valence-electron chi connectivity index (χ0n) is 11.3. The van der Waals surface area contributed by atoms with Gasteiger partial charge in [0.25, 0.3) is 0 Å². The maximum absolute atomic E-state index is 10.6. The average molecular weight is 236 g/mol. The lowest BCUT2D eigenvalue weighted by Gasteiger charge is -2.32. The van der Waals surface area contributed by atoms with Gasteiger partial charge >= 0.3 is 0 Å². The molecule has 1 N–H and O–H groups in total. The highest BCUT2D eigenvalue weighted by molar-refractivity contribution is 5.10. The Balaban J connectivity index is 1.94. The zero-order valence-corrected chi connectivity index (χ0v) is 11.3. The number of aliphatic hydroxyl groups is 1. The number of aliphatic hydroxyl groups excluding tert-OH is 1. The van der Waals surface area contributed by atoms with Crippen molar-refractivity contribution in [3.63, 3.8) is 0 Å². The summed E-state index contributed by atoms with van der Waals surface area (Å²) in [6.07, 6.45) is 15.0. The summed E-state index contributed by atoms with van der Waals surface area (Å²) in [4.78, 5) is 0. The van der Waals surface area contributed by atoms with Crippen LogP contribution >= 0.6 is 0 Å². The van der Waals surface area contributed by atoms with Gasteiger partial charge in [0.1, 0.15) is 0 Å². The molecule has 17 heavy (non-hydrogen) atoms. The van der Waals surface area contributed by atoms with Gasteiger partial charge in [0, 0.05) is 0 Å². The van der Waals surface area contributed by atoms with Crippen LogP contribution in [0.4, 0.5) is 0 Å². The summed E-state index contributed by atoms with van der Waals surface area (Å²) in [5, 5.41) is 10.6. The Morgan fingerprint density at radius 3 is 2.76 bits per heavy atom. The second-order valence-corrected chi connectivity index (χ2v) is 6.21. The lowest BCUT2D eigenvalue weighted by Crippen LogP contribution is -2.27. The van der Waals surface area contributed by atoms with Crippen LogP contribution in [0.5, 0.6) is 0 Å². The largest absolute Gasteiger partial charge is 0.388 e. The fourth-order valence-corrected chi connectivity index (χ4v) is 3.56. The zero-order chi connectivity index (χ0) is 12.1. The smallest absolute Gasteiger partial charge is 0.0778 e. The first-order valence-corrected chi connectivity index (χ1v) is 7.64. The number of hydrogen-bond donors (Lipinski definition) is 1. The molecule has 0 saturated heterocycles. The van der Waals surface area contributed by atoms with Gasteiger partial charge in [0.2, 0.25) is 0 Å². The van der Waals surface area contributed by atoms with Crippen molar-refractivity contribution in [2.75, 3.05) is 0 Å². The van der Waals surface area contributed by atoms with Crippen molar-refractivity contribution in [2.45, 2.75) is 77.2 Å². The first kappa shape index (κ1) is 13.1. The molecule has 2 aliphatic rings. The van der Waals surface area contributed by atoms with Crippen LogP contribution in [0.2, 0.25) is 0 Å². The van der Waals surface area contributed by atoms with E-state index in [1.165, 1.54) is 63.4 Å². The quantitative estimate of drug-likeness (QED) is 0.702. The summed E-state index contributed by atoms with van der Waals surface area (Å²) < 4.78 is 0. The van der Waals surface area contributed by atoms with Gasteiger partial charge in [-0.1, -0.05) is 38.7 Å². The van der Waals surface area contributed by atoms with Crippen molar-refractivity contribution in [3.05, 3.63) is 11.6 Å². The third kappa shape index (κ3) is 3.84. The lowest BCUT2D eigenvalue weighted by atomic mass is 9.76. The van der Waals surface area contributed by atoms with E-state index < -0.39 is 0 Å². The Labute approximate surface area is 106 Å². The molecule has 0 heterocycles. The van der Waals surface area contributed by atoms with Crippen LogP contribution in [-0.4, -0.2) is 11.2 Å². The number of rotatable bonds is 2. The molecular formula is C16H28O. The van der Waals surface area contributed by atoms with Crippen LogP contribution in [0.25, 0.3) is 0 Å². The first-order valence-electron chi connectivity index (χ1n) is 7.64. The molecule has 0 bridgehead atoms. The van der Waals surface area contributed by atoms with Gasteiger partial charge in [-0.15, -0.1) is 0 Å². The Hall–Kier alpha value is -0.300. The predicted molar refractivity (Wildman–Crippen MR) is 72.9 cm³/mol. The van der Waals surface area contributed by atoms with E-state index in [0.29, 0.717) is 5.92 Å². The topological polar surface area (TPSA) is 20.2 Å². The third-order valence-corrected chi connectivity index (χ3v) is 4.63. The highest BCUT2D eigenvalue weighted by Gasteiger charge is 2.27. The van der Waals surface area contributed by atoms with Crippen molar-refractivity contribution in [1.29, 1.82) is 0 Å². The van der Waals surface area contributed by atoms with Gasteiger partial charge in [-0.3, -0.25) is 0 Å². The fourth-order valence-electron chi connectivity index (χ4n) is 3.56. The second-order valence-electron chi connectivity index (χ2n) is 6.21. The molecule has 0 aromatic rings. The van der Waals surface area contributed by atoms with E-state index in [2.05, 4.69) is 13.0 Å². The van der Waals surface area contributed by atoms with Crippen LogP contribution in [0, 0.1) is 11.8 Å². The highest BCUT2D eigenvalue weighted by atomic mass is 16.3. The molecule has 0 radical (unpaired) electrons. The van der Waals surface area contributed by atoms with Crippen LogP contribution in [-0.2, 0) is 0 Å². The highest BCUT2D eigenvalue weighted by Crippen LogP contribution is 2.34. The van der Waals surface area contributed by atoms with Gasteiger partial charge in [-0.2, -0.15) is 0 Å². The van der Waals surface area contributed by atoms with E-state index in [9.17, 15) is 5.11 Å². The maximum atomic E-state index is 10.6. The molecule has 0 amide bonds. The minimum absolute atomic E-state index is 0.129. The molecule has 0 spiro atoms. The Morgan fingerprint density at radius 2 is 1.94 bits per heavy atom. The normalized spacial score (nSPS) is 33.4. The average Bonchev–Trinajstić information content (AvgIpc) is 2.28. The van der Waals surface area contributed by atoms with Crippen LogP contribution in [0.3, 0.4) is 0 Å². The molecule has 1 saturated carbocycles. The number of allylic oxidation sites excluding steroid dienone is 1. The minimum atomic E-state index is -0.129. The SMILES string of the molecule is CC1CCCC(C(O)C2=CCCCCCC2)C1. The molecule has 1 heteroatoms. The van der Waals surface area contributed by atoms with E-state index in [4.69, 9.17) is 0 Å². The van der Waals surface area contributed by atoms with Crippen molar-refractivity contribution >= 4 is 0 Å². The molecule has 2 aliphatic carbocycles. The van der Waals surface area contributed by atoms with Crippen molar-refractivity contribution in [3.8, 4) is 0 Å². The Bertz CT molecular complexity index is 256. The standard InChI is InChI=1S/C16H28O/c1-13-8-7-11-15(12-13)16(17)14-9-5-3-2-4-6-10-14/h9,13,15-17H,2-8,10-12H2,1H3. The molecule has 1 fully saturated rings. The van der Waals surface area contributed by atoms with Crippen LogP contribution in [0.15, 0.2) is 11.6 Å². The van der Waals surface area contributed by atoms with Crippen molar-refractivity contribution in [1.82, 2.24) is 0 Å². The summed E-state index contributed by atoms with van der Waals surface area (Å²) in [6.45, 7) is 2.34. The van der Waals surface area contributed by atoms with Gasteiger partial charge in [-0.05, 0) is 55.9 Å². The molecule has 2 rings (SSSR count). The molecule has 98 valence electrons. The minimum Gasteiger partial charge on any atom is -0.388 e. The summed E-state index contributed by atoms with van der Waals surface area (Å²) in [7, 11) is 0. The molecule has 3 unspecified atom stereocenters. The van der Waals surface area contributed by atoms with Crippen molar-refractivity contribution < 1.29 is 5.11 Å². The molecule has 3 atom stereocenters. The Kier molecular flexibility index (Phi) is 5.09. The van der Waals surface area contributed by atoms with E-state index in [0.717, 1.165) is 12.3 Å². The summed E-state index contributed by atoms with van der Waals surface area (Å²) in [6, 6.07) is 0. The van der Waals surface area contributed by atoms with Crippen molar-refractivity contribution in [2.24, 2.45) is 11.8 Å². The van der Waals surface area contributed by atoms with Crippen LogP contribution < -0.4 is 0 Å². The number of hydrogen-bond acceptors (Lipinski definition) is 1. The molecule has 0 aromatic carbocycles. The third-order valence-electron chi connectivity index (χ3n) is 4.63. The molecule has 0 aliphatic heterocycles. The predicted octanol–water partition coefficient (Wildman–Crippen LogP) is 4.45. The summed E-state index contributed by atoms with van der Waals surface area (Å²) in [5.74, 6) is 1.36. The van der Waals surface area contributed by atoms with Gasteiger partial charge in [-0.25, -0.2) is 0 Å².